The first-order chi connectivity index (χ1) is 25.2. The van der Waals surface area contributed by atoms with Crippen molar-refractivity contribution in [1.29, 1.82) is 0 Å². The molecule has 8 aliphatic carbocycles. The third-order valence-corrected chi connectivity index (χ3v) is 19.0. The molecule has 10 rings (SSSR count). The largest absolute Gasteiger partial charge is 0.374 e. The van der Waals surface area contributed by atoms with Gasteiger partial charge in [-0.05, 0) is 186 Å². The Balaban J connectivity index is 0.804. The fourth-order valence-corrected chi connectivity index (χ4v) is 16.5. The summed E-state index contributed by atoms with van der Waals surface area (Å²) in [6.45, 7) is 0. The van der Waals surface area contributed by atoms with Gasteiger partial charge >= 0.3 is 0 Å². The van der Waals surface area contributed by atoms with E-state index in [1.807, 2.05) is 0 Å². The first-order valence-corrected chi connectivity index (χ1v) is 24.2. The van der Waals surface area contributed by atoms with Gasteiger partial charge in [-0.25, -0.2) is 0 Å². The number of rotatable bonds is 5. The highest BCUT2D eigenvalue weighted by Gasteiger charge is 2.58. The Bertz CT molecular complexity index is 1100. The van der Waals surface area contributed by atoms with Gasteiger partial charge < -0.3 is 4.74 Å². The van der Waals surface area contributed by atoms with E-state index in [0.29, 0.717) is 30.7 Å². The van der Waals surface area contributed by atoms with E-state index in [2.05, 4.69) is 16.0 Å². The summed E-state index contributed by atoms with van der Waals surface area (Å²) in [6.07, 6.45) is 45.9. The summed E-state index contributed by atoms with van der Waals surface area (Å²) in [5, 5.41) is 12.9. The molecule has 2 saturated heterocycles. The molecule has 0 spiro atoms. The van der Waals surface area contributed by atoms with Crippen LogP contribution in [0.5, 0.6) is 0 Å². The molecule has 4 nitrogen and oxygen atoms in total. The second-order valence-electron chi connectivity index (χ2n) is 21.3. The SMILES string of the molecule is C1CCC(C2NC(C3CCCCC3)NC(C3CC4OC5CCC(C6CCC(C7CCC8CCCCC8C7)CC6)CC5C4C4CCCCC34)N2)CC1. The van der Waals surface area contributed by atoms with E-state index in [0.717, 1.165) is 76.9 Å². The van der Waals surface area contributed by atoms with E-state index in [4.69, 9.17) is 4.74 Å². The number of ether oxygens (including phenoxy) is 1. The Morgan fingerprint density at radius 2 is 0.725 bits per heavy atom. The average Bonchev–Trinajstić information content (AvgIpc) is 3.59. The van der Waals surface area contributed by atoms with Crippen LogP contribution in [0.15, 0.2) is 0 Å². The zero-order valence-electron chi connectivity index (χ0n) is 32.8. The first kappa shape index (κ1) is 35.3. The molecule has 10 aliphatic rings. The maximum Gasteiger partial charge on any atom is 0.0628 e. The standard InChI is InChI=1S/C47H79N3O/c1-3-12-33(13-4-1)45-48-46(34-14-5-2-6-15-34)50-47(49-45)40-29-43-44(39-18-10-9-17-38(39)40)41-28-37(25-26-42(41)51-43)32-21-19-31(20-22-32)36-24-23-30-11-7-8-16-35(30)27-36/h30-50H,1-29H2. The van der Waals surface area contributed by atoms with Crippen LogP contribution in [0.3, 0.4) is 0 Å². The van der Waals surface area contributed by atoms with Gasteiger partial charge in [0.05, 0.1) is 30.7 Å². The Kier molecular flexibility index (Phi) is 10.9. The Morgan fingerprint density at radius 3 is 1.39 bits per heavy atom. The first-order valence-electron chi connectivity index (χ1n) is 24.2. The molecule has 0 amide bonds. The number of fused-ring (bicyclic) bond motifs is 6. The normalized spacial score (nSPS) is 51.5. The van der Waals surface area contributed by atoms with Crippen LogP contribution in [0, 0.1) is 76.9 Å². The highest BCUT2D eigenvalue weighted by molar-refractivity contribution is 5.07. The molecule has 51 heavy (non-hydrogen) atoms. The summed E-state index contributed by atoms with van der Waals surface area (Å²) >= 11 is 0. The van der Waals surface area contributed by atoms with Gasteiger partial charge in [-0.15, -0.1) is 0 Å². The van der Waals surface area contributed by atoms with E-state index in [-0.39, 0.29) is 0 Å². The van der Waals surface area contributed by atoms with Crippen molar-refractivity contribution < 1.29 is 4.74 Å². The van der Waals surface area contributed by atoms with Crippen molar-refractivity contribution in [2.24, 2.45) is 76.9 Å². The van der Waals surface area contributed by atoms with Crippen molar-refractivity contribution in [3.63, 3.8) is 0 Å². The summed E-state index contributed by atoms with van der Waals surface area (Å²) in [5.41, 5.74) is 0. The molecule has 2 heterocycles. The Hall–Kier alpha value is -0.160. The van der Waals surface area contributed by atoms with Crippen molar-refractivity contribution in [3.8, 4) is 0 Å². The highest BCUT2D eigenvalue weighted by Crippen LogP contribution is 2.59. The molecule has 0 aromatic rings. The van der Waals surface area contributed by atoms with Crippen LogP contribution in [-0.4, -0.2) is 30.7 Å². The third-order valence-electron chi connectivity index (χ3n) is 19.0. The van der Waals surface area contributed by atoms with Gasteiger partial charge in [-0.3, -0.25) is 16.0 Å². The van der Waals surface area contributed by atoms with Crippen LogP contribution in [0.4, 0.5) is 0 Å². The molecule has 288 valence electrons. The smallest absolute Gasteiger partial charge is 0.0628 e. The van der Waals surface area contributed by atoms with Gasteiger partial charge in [0.2, 0.25) is 0 Å². The van der Waals surface area contributed by atoms with Gasteiger partial charge in [-0.1, -0.05) is 77.0 Å². The lowest BCUT2D eigenvalue weighted by molar-refractivity contribution is -0.0709. The molecule has 13 atom stereocenters. The highest BCUT2D eigenvalue weighted by atomic mass is 16.5. The molecule has 10 fully saturated rings. The fourth-order valence-electron chi connectivity index (χ4n) is 16.5. The molecular weight excluding hydrogens is 623 g/mol. The predicted octanol–water partition coefficient (Wildman–Crippen LogP) is 10.9. The lowest BCUT2D eigenvalue weighted by Gasteiger charge is -2.54. The molecule has 2 aliphatic heterocycles. The number of nitrogens with one attached hydrogen (secondary N) is 3. The third kappa shape index (κ3) is 7.20. The molecule has 0 aromatic carbocycles. The van der Waals surface area contributed by atoms with Gasteiger partial charge in [-0.2, -0.15) is 0 Å². The molecule has 8 saturated carbocycles. The minimum Gasteiger partial charge on any atom is -0.374 e. The van der Waals surface area contributed by atoms with Crippen LogP contribution >= 0.6 is 0 Å². The van der Waals surface area contributed by atoms with Crippen molar-refractivity contribution in [3.05, 3.63) is 0 Å². The lowest BCUT2D eigenvalue weighted by Crippen LogP contribution is -2.73. The van der Waals surface area contributed by atoms with Crippen LogP contribution in [0.25, 0.3) is 0 Å². The minimum absolute atomic E-state index is 0.471. The molecular formula is C47H79N3O. The molecule has 3 N–H and O–H groups in total. The van der Waals surface area contributed by atoms with Gasteiger partial charge in [0.15, 0.2) is 0 Å². The summed E-state index contributed by atoms with van der Waals surface area (Å²) in [6, 6.07) is 0. The number of hydrogen-bond acceptors (Lipinski definition) is 4. The summed E-state index contributed by atoms with van der Waals surface area (Å²) in [7, 11) is 0. The van der Waals surface area contributed by atoms with Crippen LogP contribution in [0.2, 0.25) is 0 Å². The molecule has 0 aromatic heterocycles. The van der Waals surface area contributed by atoms with E-state index in [1.54, 1.807) is 57.8 Å². The predicted molar refractivity (Wildman–Crippen MR) is 209 cm³/mol. The minimum atomic E-state index is 0.471. The topological polar surface area (TPSA) is 45.3 Å². The van der Waals surface area contributed by atoms with E-state index in [9.17, 15) is 0 Å². The average molecular weight is 702 g/mol. The van der Waals surface area contributed by atoms with Crippen LogP contribution in [-0.2, 0) is 4.74 Å². The summed E-state index contributed by atoms with van der Waals surface area (Å²) in [4.78, 5) is 0. The van der Waals surface area contributed by atoms with E-state index >= 15 is 0 Å². The quantitative estimate of drug-likeness (QED) is 0.267. The monoisotopic (exact) mass is 702 g/mol. The molecule has 0 bridgehead atoms. The fraction of sp³-hybridized carbons (Fsp3) is 1.00. The molecule has 4 heteroatoms. The second kappa shape index (κ2) is 15.8. The van der Waals surface area contributed by atoms with Crippen molar-refractivity contribution in [2.75, 3.05) is 0 Å². The van der Waals surface area contributed by atoms with Gasteiger partial charge in [0, 0.05) is 0 Å². The Morgan fingerprint density at radius 1 is 0.275 bits per heavy atom. The summed E-state index contributed by atoms with van der Waals surface area (Å²) in [5.74, 6) is 12.4. The van der Waals surface area contributed by atoms with E-state index in [1.165, 1.54) is 128 Å². The Labute approximate surface area is 313 Å². The molecule has 0 radical (unpaired) electrons. The van der Waals surface area contributed by atoms with Crippen molar-refractivity contribution >= 4 is 0 Å². The zero-order chi connectivity index (χ0) is 33.7. The van der Waals surface area contributed by atoms with Crippen LogP contribution < -0.4 is 16.0 Å². The van der Waals surface area contributed by atoms with Gasteiger partial charge in [0.1, 0.15) is 0 Å². The summed E-state index contributed by atoms with van der Waals surface area (Å²) < 4.78 is 7.33. The number of hydrogen-bond donors (Lipinski definition) is 3. The maximum atomic E-state index is 7.33. The van der Waals surface area contributed by atoms with Crippen molar-refractivity contribution in [1.82, 2.24) is 16.0 Å². The zero-order valence-corrected chi connectivity index (χ0v) is 32.8. The molecule has 13 unspecified atom stereocenters. The van der Waals surface area contributed by atoms with Crippen molar-refractivity contribution in [2.45, 2.75) is 217 Å². The maximum absolute atomic E-state index is 7.33. The lowest BCUT2D eigenvalue weighted by atomic mass is 9.54. The van der Waals surface area contributed by atoms with E-state index < -0.39 is 0 Å². The van der Waals surface area contributed by atoms with Crippen LogP contribution in [0.1, 0.15) is 186 Å². The second-order valence-corrected chi connectivity index (χ2v) is 21.3. The van der Waals surface area contributed by atoms with Gasteiger partial charge in [0.25, 0.3) is 0 Å².